The minimum atomic E-state index is -0.249. The molecule has 19 heavy (non-hydrogen) atoms. The van der Waals surface area contributed by atoms with E-state index in [1.807, 2.05) is 9.80 Å². The molecule has 1 aliphatic carbocycles. The summed E-state index contributed by atoms with van der Waals surface area (Å²) in [5, 5.41) is 0. The van der Waals surface area contributed by atoms with Gasteiger partial charge in [-0.05, 0) is 25.7 Å². The molecule has 2 rings (SSSR count). The van der Waals surface area contributed by atoms with Crippen molar-refractivity contribution in [1.29, 1.82) is 0 Å². The number of amides is 1. The van der Waals surface area contributed by atoms with Crippen molar-refractivity contribution in [3.8, 4) is 0 Å². The van der Waals surface area contributed by atoms with Gasteiger partial charge in [-0.25, -0.2) is 0 Å². The van der Waals surface area contributed by atoms with Gasteiger partial charge in [0, 0.05) is 19.1 Å². The van der Waals surface area contributed by atoms with Gasteiger partial charge in [-0.3, -0.25) is 14.5 Å². The Hall–Kier alpha value is -1.10. The quantitative estimate of drug-likeness (QED) is 0.699. The number of hydrogen-bond acceptors (Lipinski definition) is 4. The molecule has 0 atom stereocenters. The van der Waals surface area contributed by atoms with Crippen molar-refractivity contribution in [2.45, 2.75) is 44.6 Å². The van der Waals surface area contributed by atoms with Gasteiger partial charge in [0.15, 0.2) is 0 Å². The van der Waals surface area contributed by atoms with Crippen LogP contribution in [0.5, 0.6) is 0 Å². The van der Waals surface area contributed by atoms with Crippen molar-refractivity contribution in [2.75, 3.05) is 33.3 Å². The van der Waals surface area contributed by atoms with Gasteiger partial charge in [0.05, 0.1) is 20.2 Å². The van der Waals surface area contributed by atoms with Gasteiger partial charge in [-0.2, -0.15) is 0 Å². The van der Waals surface area contributed by atoms with E-state index in [9.17, 15) is 9.59 Å². The highest BCUT2D eigenvalue weighted by atomic mass is 16.5. The van der Waals surface area contributed by atoms with Crippen molar-refractivity contribution in [3.05, 3.63) is 0 Å². The molecule has 2 fully saturated rings. The normalized spacial score (nSPS) is 20.2. The molecule has 5 heteroatoms. The van der Waals surface area contributed by atoms with Crippen LogP contribution in [0.4, 0.5) is 0 Å². The zero-order valence-corrected chi connectivity index (χ0v) is 11.8. The van der Waals surface area contributed by atoms with E-state index in [-0.39, 0.29) is 18.4 Å². The minimum Gasteiger partial charge on any atom is -0.468 e. The molecule has 0 spiro atoms. The number of nitrogens with zero attached hydrogens (tertiary/aromatic N) is 2. The fraction of sp³-hybridized carbons (Fsp3) is 0.857. The zero-order chi connectivity index (χ0) is 13.7. The Morgan fingerprint density at radius 3 is 2.32 bits per heavy atom. The highest BCUT2D eigenvalue weighted by Crippen LogP contribution is 2.23. The third kappa shape index (κ3) is 3.93. The molecule has 0 aromatic heterocycles. The molecule has 1 heterocycles. The zero-order valence-electron chi connectivity index (χ0n) is 11.8. The van der Waals surface area contributed by atoms with Gasteiger partial charge in [0.1, 0.15) is 0 Å². The maximum Gasteiger partial charge on any atom is 0.319 e. The summed E-state index contributed by atoms with van der Waals surface area (Å²) in [7, 11) is 1.40. The van der Waals surface area contributed by atoms with E-state index in [4.69, 9.17) is 4.74 Å². The summed E-state index contributed by atoms with van der Waals surface area (Å²) in [5.74, 6) is -0.0885. The maximum atomic E-state index is 12.2. The second-order valence-corrected chi connectivity index (χ2v) is 5.51. The maximum absolute atomic E-state index is 12.2. The number of carbonyl (C=O) groups excluding carboxylic acids is 2. The van der Waals surface area contributed by atoms with E-state index in [1.165, 1.54) is 20.0 Å². The molecule has 1 saturated carbocycles. The summed E-state index contributed by atoms with van der Waals surface area (Å²) in [6, 6.07) is 0.366. The number of carbonyl (C=O) groups is 2. The van der Waals surface area contributed by atoms with Crippen molar-refractivity contribution in [1.82, 2.24) is 9.80 Å². The van der Waals surface area contributed by atoms with Gasteiger partial charge in [-0.15, -0.1) is 0 Å². The number of ether oxygens (including phenoxy) is 1. The predicted molar refractivity (Wildman–Crippen MR) is 71.7 cm³/mol. The van der Waals surface area contributed by atoms with Crippen molar-refractivity contribution < 1.29 is 14.3 Å². The largest absolute Gasteiger partial charge is 0.468 e. The molecule has 0 N–H and O–H groups in total. The number of methoxy groups -OCH3 is 1. The monoisotopic (exact) mass is 268 g/mol. The van der Waals surface area contributed by atoms with Crippen LogP contribution in [0.15, 0.2) is 0 Å². The Morgan fingerprint density at radius 1 is 1.11 bits per heavy atom. The van der Waals surface area contributed by atoms with E-state index in [2.05, 4.69) is 0 Å². The lowest BCUT2D eigenvalue weighted by Crippen LogP contribution is -2.45. The molecule has 5 nitrogen and oxygen atoms in total. The van der Waals surface area contributed by atoms with Crippen molar-refractivity contribution in [2.24, 2.45) is 0 Å². The third-order valence-electron chi connectivity index (χ3n) is 4.20. The van der Waals surface area contributed by atoms with Crippen LogP contribution in [0.1, 0.15) is 38.5 Å². The smallest absolute Gasteiger partial charge is 0.319 e. The van der Waals surface area contributed by atoms with E-state index >= 15 is 0 Å². The van der Waals surface area contributed by atoms with Crippen LogP contribution in [-0.2, 0) is 14.3 Å². The summed E-state index contributed by atoms with van der Waals surface area (Å²) < 4.78 is 4.74. The summed E-state index contributed by atoms with van der Waals surface area (Å²) in [6.07, 6.45) is 6.77. The third-order valence-corrected chi connectivity index (χ3v) is 4.20. The number of rotatable bonds is 5. The Balaban J connectivity index is 1.91. The van der Waals surface area contributed by atoms with Gasteiger partial charge in [-0.1, -0.05) is 12.8 Å². The van der Waals surface area contributed by atoms with Crippen LogP contribution >= 0.6 is 0 Å². The highest BCUT2D eigenvalue weighted by Gasteiger charge is 2.28. The SMILES string of the molecule is COC(=O)CN(CC(=O)N1CCCC1)C1CCCC1. The molecule has 0 radical (unpaired) electrons. The fourth-order valence-electron chi connectivity index (χ4n) is 3.05. The molecule has 108 valence electrons. The van der Waals surface area contributed by atoms with Gasteiger partial charge in [0.2, 0.25) is 5.91 Å². The highest BCUT2D eigenvalue weighted by molar-refractivity contribution is 5.79. The standard InChI is InChI=1S/C14H24N2O3/c1-19-14(18)11-16(12-6-2-3-7-12)10-13(17)15-8-4-5-9-15/h12H,2-11H2,1H3. The summed E-state index contributed by atoms with van der Waals surface area (Å²) in [5.41, 5.74) is 0. The summed E-state index contributed by atoms with van der Waals surface area (Å²) in [4.78, 5) is 27.6. The molecule has 2 aliphatic rings. The van der Waals surface area contributed by atoms with Crippen molar-refractivity contribution in [3.63, 3.8) is 0 Å². The van der Waals surface area contributed by atoms with E-state index in [0.29, 0.717) is 12.6 Å². The number of likely N-dealkylation sites (tertiary alicyclic amines) is 1. The molecule has 0 unspecified atom stereocenters. The molecule has 1 aliphatic heterocycles. The van der Waals surface area contributed by atoms with Gasteiger partial charge in [0.25, 0.3) is 0 Å². The lowest BCUT2D eigenvalue weighted by molar-refractivity contribution is -0.143. The minimum absolute atomic E-state index is 0.160. The Morgan fingerprint density at radius 2 is 1.74 bits per heavy atom. The second-order valence-electron chi connectivity index (χ2n) is 5.51. The van der Waals surface area contributed by atoms with E-state index in [0.717, 1.165) is 38.8 Å². The van der Waals surface area contributed by atoms with Crippen LogP contribution in [0, 0.1) is 0 Å². The summed E-state index contributed by atoms with van der Waals surface area (Å²) in [6.45, 7) is 2.34. The van der Waals surface area contributed by atoms with E-state index < -0.39 is 0 Å². The van der Waals surface area contributed by atoms with Crippen molar-refractivity contribution >= 4 is 11.9 Å². The summed E-state index contributed by atoms with van der Waals surface area (Å²) >= 11 is 0. The van der Waals surface area contributed by atoms with Crippen LogP contribution in [-0.4, -0.2) is 61.0 Å². The van der Waals surface area contributed by atoms with Gasteiger partial charge < -0.3 is 9.64 Å². The Kier molecular flexibility index (Phi) is 5.19. The predicted octanol–water partition coefficient (Wildman–Crippen LogP) is 1.03. The molecule has 0 aromatic carbocycles. The number of esters is 1. The molecule has 0 bridgehead atoms. The van der Waals surface area contributed by atoms with Crippen LogP contribution in [0.2, 0.25) is 0 Å². The molecule has 1 saturated heterocycles. The van der Waals surface area contributed by atoms with E-state index in [1.54, 1.807) is 0 Å². The lowest BCUT2D eigenvalue weighted by atomic mass is 10.2. The average Bonchev–Trinajstić information content (AvgIpc) is 3.10. The first-order valence-electron chi connectivity index (χ1n) is 7.29. The Labute approximate surface area is 114 Å². The molecular formula is C14H24N2O3. The fourth-order valence-corrected chi connectivity index (χ4v) is 3.05. The first kappa shape index (κ1) is 14.3. The topological polar surface area (TPSA) is 49.9 Å². The first-order valence-corrected chi connectivity index (χ1v) is 7.29. The molecule has 1 amide bonds. The number of hydrogen-bond donors (Lipinski definition) is 0. The molecular weight excluding hydrogens is 244 g/mol. The average molecular weight is 268 g/mol. The Bertz CT molecular complexity index is 321. The van der Waals surface area contributed by atoms with Crippen LogP contribution in [0.3, 0.4) is 0 Å². The first-order chi connectivity index (χ1) is 9.20. The van der Waals surface area contributed by atoms with Gasteiger partial charge >= 0.3 is 5.97 Å². The second kappa shape index (κ2) is 6.89. The molecule has 0 aromatic rings. The van der Waals surface area contributed by atoms with Crippen LogP contribution < -0.4 is 0 Å². The lowest BCUT2D eigenvalue weighted by Gasteiger charge is -2.28. The van der Waals surface area contributed by atoms with Crippen LogP contribution in [0.25, 0.3) is 0 Å².